The summed E-state index contributed by atoms with van der Waals surface area (Å²) in [4.78, 5) is 25.9. The third kappa shape index (κ3) is 9.71. The number of halogens is 3. The number of carboxylic acid groups (broad SMARTS) is 1. The Bertz CT molecular complexity index is 1350. The average Bonchev–Trinajstić information content (AvgIpc) is 2.97. The van der Waals surface area contributed by atoms with E-state index in [2.05, 4.69) is 5.32 Å². The zero-order valence-corrected chi connectivity index (χ0v) is 24.0. The minimum Gasteiger partial charge on any atom is -0.497 e. The van der Waals surface area contributed by atoms with Crippen LogP contribution in [0.15, 0.2) is 66.7 Å². The highest BCUT2D eigenvalue weighted by Gasteiger charge is 2.26. The standard InChI is InChI=1S/C32H37F3N2O5/c1-4-24(30(38)39)18-23-12-13-28(29(20-23)42-17-7-15-32(33,34)35)25-9-6-10-26(21-25)37(2)31(40)36-16-14-22-8-5-11-27(19-22)41-3/h5-6,8-13,19-21,24H,4,7,14-18H2,1-3H3,(H,36,40)(H,38,39). The van der Waals surface area contributed by atoms with Crippen LogP contribution in [0.1, 0.15) is 37.3 Å². The lowest BCUT2D eigenvalue weighted by Gasteiger charge is -2.20. The van der Waals surface area contributed by atoms with Gasteiger partial charge < -0.3 is 19.9 Å². The van der Waals surface area contributed by atoms with Gasteiger partial charge in [-0.2, -0.15) is 13.2 Å². The first kappa shape index (κ1) is 32.3. The van der Waals surface area contributed by atoms with E-state index in [0.717, 1.165) is 11.3 Å². The van der Waals surface area contributed by atoms with E-state index in [1.54, 1.807) is 57.5 Å². The van der Waals surface area contributed by atoms with Gasteiger partial charge >= 0.3 is 18.2 Å². The number of urea groups is 1. The maximum atomic E-state index is 12.9. The van der Waals surface area contributed by atoms with Crippen LogP contribution in [-0.2, 0) is 17.6 Å². The molecule has 1 unspecified atom stereocenters. The number of ether oxygens (including phenoxy) is 2. The van der Waals surface area contributed by atoms with Crippen LogP contribution in [0.25, 0.3) is 11.1 Å². The first-order valence-electron chi connectivity index (χ1n) is 13.8. The average molecular weight is 587 g/mol. The lowest BCUT2D eigenvalue weighted by molar-refractivity contribution is -0.141. The second-order valence-corrected chi connectivity index (χ2v) is 9.99. The van der Waals surface area contributed by atoms with E-state index in [9.17, 15) is 27.9 Å². The first-order chi connectivity index (χ1) is 20.0. The summed E-state index contributed by atoms with van der Waals surface area (Å²) in [5.41, 5.74) is 3.67. The molecule has 0 saturated carbocycles. The molecule has 2 amide bonds. The monoisotopic (exact) mass is 586 g/mol. The Hall–Kier alpha value is -4.21. The number of benzene rings is 3. The molecule has 0 aromatic heterocycles. The molecule has 7 nitrogen and oxygen atoms in total. The minimum absolute atomic E-state index is 0.151. The van der Waals surface area contributed by atoms with Crippen molar-refractivity contribution in [3.63, 3.8) is 0 Å². The molecule has 0 bridgehead atoms. The van der Waals surface area contributed by atoms with Crippen LogP contribution in [0, 0.1) is 5.92 Å². The quantitative estimate of drug-likeness (QED) is 0.196. The number of carbonyl (C=O) groups is 2. The summed E-state index contributed by atoms with van der Waals surface area (Å²) in [6, 6.07) is 19.8. The summed E-state index contributed by atoms with van der Waals surface area (Å²) in [6.45, 7) is 2.06. The number of aliphatic carboxylic acids is 1. The molecule has 0 aliphatic carbocycles. The summed E-state index contributed by atoms with van der Waals surface area (Å²) >= 11 is 0. The van der Waals surface area contributed by atoms with Gasteiger partial charge in [-0.05, 0) is 72.7 Å². The van der Waals surface area contributed by atoms with Gasteiger partial charge in [-0.1, -0.05) is 43.3 Å². The smallest absolute Gasteiger partial charge is 0.389 e. The molecule has 0 heterocycles. The molecule has 10 heteroatoms. The van der Waals surface area contributed by atoms with Crippen molar-refractivity contribution in [3.05, 3.63) is 77.9 Å². The number of hydrogen-bond donors (Lipinski definition) is 2. The number of carboxylic acids is 1. The van der Waals surface area contributed by atoms with Gasteiger partial charge in [0.15, 0.2) is 0 Å². The van der Waals surface area contributed by atoms with Crippen molar-refractivity contribution in [2.75, 3.05) is 32.2 Å². The zero-order valence-electron chi connectivity index (χ0n) is 24.0. The van der Waals surface area contributed by atoms with E-state index >= 15 is 0 Å². The van der Waals surface area contributed by atoms with Crippen molar-refractivity contribution in [2.45, 2.75) is 45.2 Å². The molecule has 42 heavy (non-hydrogen) atoms. The van der Waals surface area contributed by atoms with Crippen LogP contribution in [0.5, 0.6) is 11.5 Å². The van der Waals surface area contributed by atoms with Gasteiger partial charge in [0.2, 0.25) is 0 Å². The Kier molecular flexibility index (Phi) is 11.6. The third-order valence-corrected chi connectivity index (χ3v) is 6.91. The van der Waals surface area contributed by atoms with Crippen LogP contribution in [-0.4, -0.2) is 50.6 Å². The second-order valence-electron chi connectivity index (χ2n) is 9.99. The fourth-order valence-electron chi connectivity index (χ4n) is 4.46. The Morgan fingerprint density at radius 3 is 2.48 bits per heavy atom. The number of hydrogen-bond acceptors (Lipinski definition) is 4. The number of carbonyl (C=O) groups excluding carboxylic acids is 1. The van der Waals surface area contributed by atoms with Crippen molar-refractivity contribution in [2.24, 2.45) is 5.92 Å². The van der Waals surface area contributed by atoms with Crippen LogP contribution in [0.4, 0.5) is 23.7 Å². The van der Waals surface area contributed by atoms with Crippen LogP contribution >= 0.6 is 0 Å². The predicted octanol–water partition coefficient (Wildman–Crippen LogP) is 7.13. The van der Waals surface area contributed by atoms with Gasteiger partial charge in [0.05, 0.1) is 19.6 Å². The SMILES string of the molecule is CCC(Cc1ccc(-c2cccc(N(C)C(=O)NCCc3cccc(OC)c3)c2)c(OCCCC(F)(F)F)c1)C(=O)O. The molecule has 0 spiro atoms. The van der Waals surface area contributed by atoms with Gasteiger partial charge in [0.25, 0.3) is 0 Å². The molecule has 3 aromatic rings. The first-order valence-corrected chi connectivity index (χ1v) is 13.8. The topological polar surface area (TPSA) is 88.1 Å². The van der Waals surface area contributed by atoms with E-state index < -0.39 is 24.5 Å². The Morgan fingerprint density at radius 2 is 1.79 bits per heavy atom. The molecule has 226 valence electrons. The van der Waals surface area contributed by atoms with Gasteiger partial charge in [-0.25, -0.2) is 4.79 Å². The highest BCUT2D eigenvalue weighted by molar-refractivity contribution is 5.92. The lowest BCUT2D eigenvalue weighted by atomic mass is 9.94. The highest BCUT2D eigenvalue weighted by atomic mass is 19.4. The van der Waals surface area contributed by atoms with Gasteiger partial charge in [-0.3, -0.25) is 9.69 Å². The van der Waals surface area contributed by atoms with Crippen LogP contribution in [0.2, 0.25) is 0 Å². The maximum Gasteiger partial charge on any atom is 0.389 e. The van der Waals surface area contributed by atoms with Crippen LogP contribution in [0.3, 0.4) is 0 Å². The molecular weight excluding hydrogens is 549 g/mol. The number of alkyl halides is 3. The molecule has 0 fully saturated rings. The van der Waals surface area contributed by atoms with Gasteiger partial charge in [0, 0.05) is 31.3 Å². The molecule has 2 N–H and O–H groups in total. The van der Waals surface area contributed by atoms with Crippen molar-refractivity contribution >= 4 is 17.7 Å². The summed E-state index contributed by atoms with van der Waals surface area (Å²) in [7, 11) is 3.25. The molecule has 3 rings (SSSR count). The fourth-order valence-corrected chi connectivity index (χ4v) is 4.46. The third-order valence-electron chi connectivity index (χ3n) is 6.91. The number of methoxy groups -OCH3 is 1. The number of rotatable bonds is 14. The van der Waals surface area contributed by atoms with Crippen molar-refractivity contribution in [1.29, 1.82) is 0 Å². The van der Waals surface area contributed by atoms with E-state index in [1.807, 2.05) is 30.3 Å². The summed E-state index contributed by atoms with van der Waals surface area (Å²) in [5.74, 6) is -0.394. The zero-order chi connectivity index (χ0) is 30.7. The number of nitrogens with zero attached hydrogens (tertiary/aromatic N) is 1. The number of amides is 2. The van der Waals surface area contributed by atoms with E-state index in [0.29, 0.717) is 47.5 Å². The van der Waals surface area contributed by atoms with Gasteiger partial charge in [0.1, 0.15) is 11.5 Å². The van der Waals surface area contributed by atoms with E-state index in [-0.39, 0.29) is 25.5 Å². The Morgan fingerprint density at radius 1 is 1.02 bits per heavy atom. The summed E-state index contributed by atoms with van der Waals surface area (Å²) in [5, 5.41) is 12.4. The van der Waals surface area contributed by atoms with Crippen molar-refractivity contribution < 1.29 is 37.3 Å². The Balaban J connectivity index is 1.76. The lowest BCUT2D eigenvalue weighted by Crippen LogP contribution is -2.38. The molecule has 0 radical (unpaired) electrons. The molecule has 1 atom stereocenters. The van der Waals surface area contributed by atoms with Crippen molar-refractivity contribution in [1.82, 2.24) is 5.32 Å². The van der Waals surface area contributed by atoms with E-state index in [4.69, 9.17) is 9.47 Å². The fraction of sp³-hybridized carbons (Fsp3) is 0.375. The van der Waals surface area contributed by atoms with Gasteiger partial charge in [-0.15, -0.1) is 0 Å². The maximum absolute atomic E-state index is 12.9. The van der Waals surface area contributed by atoms with Crippen molar-refractivity contribution in [3.8, 4) is 22.6 Å². The number of anilines is 1. The Labute approximate surface area is 244 Å². The molecule has 0 aliphatic heterocycles. The largest absolute Gasteiger partial charge is 0.497 e. The molecule has 0 saturated heterocycles. The number of nitrogens with one attached hydrogen (secondary N) is 1. The molecule has 3 aromatic carbocycles. The normalized spacial score (nSPS) is 12.0. The summed E-state index contributed by atoms with van der Waals surface area (Å²) < 4.78 is 49.1. The minimum atomic E-state index is -4.28. The highest BCUT2D eigenvalue weighted by Crippen LogP contribution is 2.34. The van der Waals surface area contributed by atoms with E-state index in [1.165, 1.54) is 4.90 Å². The molecule has 0 aliphatic rings. The summed E-state index contributed by atoms with van der Waals surface area (Å²) in [6.07, 6.45) is -4.13. The van der Waals surface area contributed by atoms with Crippen LogP contribution < -0.4 is 19.7 Å². The molecular formula is C32H37F3N2O5. The predicted molar refractivity (Wildman–Crippen MR) is 156 cm³/mol. The second kappa shape index (κ2) is 15.1.